The third kappa shape index (κ3) is 2.32. The van der Waals surface area contributed by atoms with Crippen molar-refractivity contribution in [1.29, 1.82) is 0 Å². The maximum absolute atomic E-state index is 6.06. The summed E-state index contributed by atoms with van der Waals surface area (Å²) < 4.78 is 5.49. The molecule has 16 heavy (non-hydrogen) atoms. The summed E-state index contributed by atoms with van der Waals surface area (Å²) >= 11 is 0. The standard InChI is InChI=1S/C12H23N3O/c1-9-8-15(6-7-16-9)11(13)14-10-4-5-12(10,2)3/h9-10H,4-8H2,1-3H3,(H2,13,14). The number of aliphatic imine (C=N–C) groups is 1. The Balaban J connectivity index is 1.96. The summed E-state index contributed by atoms with van der Waals surface area (Å²) in [7, 11) is 0. The van der Waals surface area contributed by atoms with Crippen LogP contribution in [0.2, 0.25) is 0 Å². The highest BCUT2D eigenvalue weighted by atomic mass is 16.5. The zero-order chi connectivity index (χ0) is 11.8. The van der Waals surface area contributed by atoms with E-state index in [1.807, 2.05) is 0 Å². The molecule has 0 bridgehead atoms. The molecule has 1 saturated heterocycles. The molecule has 0 spiro atoms. The van der Waals surface area contributed by atoms with Crippen LogP contribution >= 0.6 is 0 Å². The van der Waals surface area contributed by atoms with E-state index in [2.05, 4.69) is 30.7 Å². The van der Waals surface area contributed by atoms with Crippen molar-refractivity contribution in [2.45, 2.75) is 45.8 Å². The fraction of sp³-hybridized carbons (Fsp3) is 0.917. The molecule has 4 nitrogen and oxygen atoms in total. The van der Waals surface area contributed by atoms with Gasteiger partial charge in [-0.3, -0.25) is 0 Å². The zero-order valence-electron chi connectivity index (χ0n) is 10.6. The van der Waals surface area contributed by atoms with E-state index >= 15 is 0 Å². The molecule has 1 aliphatic carbocycles. The average Bonchev–Trinajstić information content (AvgIpc) is 2.24. The van der Waals surface area contributed by atoms with Crippen molar-refractivity contribution >= 4 is 5.96 Å². The Morgan fingerprint density at radius 1 is 1.50 bits per heavy atom. The minimum atomic E-state index is 0.261. The summed E-state index contributed by atoms with van der Waals surface area (Å²) in [5, 5.41) is 0. The fourth-order valence-electron chi connectivity index (χ4n) is 2.36. The van der Waals surface area contributed by atoms with E-state index in [0.29, 0.717) is 17.4 Å². The van der Waals surface area contributed by atoms with E-state index in [9.17, 15) is 0 Å². The molecule has 2 rings (SSSR count). The van der Waals surface area contributed by atoms with Crippen LogP contribution in [0.1, 0.15) is 33.6 Å². The van der Waals surface area contributed by atoms with E-state index in [0.717, 1.165) is 19.7 Å². The van der Waals surface area contributed by atoms with Crippen LogP contribution in [0, 0.1) is 5.41 Å². The van der Waals surface area contributed by atoms with Crippen molar-refractivity contribution < 1.29 is 4.74 Å². The molecule has 2 unspecified atom stereocenters. The summed E-state index contributed by atoms with van der Waals surface area (Å²) in [6, 6.07) is 0.408. The predicted molar refractivity (Wildman–Crippen MR) is 65.4 cm³/mol. The van der Waals surface area contributed by atoms with Gasteiger partial charge in [-0.05, 0) is 25.2 Å². The quantitative estimate of drug-likeness (QED) is 0.539. The van der Waals surface area contributed by atoms with Crippen LogP contribution in [-0.2, 0) is 4.74 Å². The topological polar surface area (TPSA) is 50.8 Å². The van der Waals surface area contributed by atoms with E-state index < -0.39 is 0 Å². The summed E-state index contributed by atoms with van der Waals surface area (Å²) in [5.74, 6) is 0.702. The first kappa shape index (κ1) is 11.7. The Morgan fingerprint density at radius 3 is 2.75 bits per heavy atom. The van der Waals surface area contributed by atoms with Crippen LogP contribution in [-0.4, -0.2) is 42.7 Å². The normalized spacial score (nSPS) is 34.7. The number of hydrogen-bond donors (Lipinski definition) is 1. The van der Waals surface area contributed by atoms with Gasteiger partial charge in [0.25, 0.3) is 0 Å². The van der Waals surface area contributed by atoms with Gasteiger partial charge in [-0.1, -0.05) is 13.8 Å². The average molecular weight is 225 g/mol. The van der Waals surface area contributed by atoms with Gasteiger partial charge in [-0.15, -0.1) is 0 Å². The summed E-state index contributed by atoms with van der Waals surface area (Å²) in [6.45, 7) is 9.09. The lowest BCUT2D eigenvalue weighted by Gasteiger charge is -2.42. The highest BCUT2D eigenvalue weighted by molar-refractivity contribution is 5.78. The SMILES string of the molecule is CC1CN(C(N)=NC2CCC2(C)C)CCO1. The molecule has 0 aromatic carbocycles. The third-order valence-electron chi connectivity index (χ3n) is 3.82. The van der Waals surface area contributed by atoms with Crippen LogP contribution in [0.25, 0.3) is 0 Å². The van der Waals surface area contributed by atoms with Gasteiger partial charge in [0.15, 0.2) is 5.96 Å². The minimum Gasteiger partial charge on any atom is -0.375 e. The maximum atomic E-state index is 6.06. The lowest BCUT2D eigenvalue weighted by molar-refractivity contribution is 0.00482. The van der Waals surface area contributed by atoms with Gasteiger partial charge in [0.05, 0.1) is 18.8 Å². The summed E-state index contributed by atoms with van der Waals surface area (Å²) in [6.07, 6.45) is 2.69. The van der Waals surface area contributed by atoms with Crippen LogP contribution in [0.3, 0.4) is 0 Å². The van der Waals surface area contributed by atoms with Gasteiger partial charge < -0.3 is 15.4 Å². The van der Waals surface area contributed by atoms with Crippen LogP contribution in [0.15, 0.2) is 4.99 Å². The van der Waals surface area contributed by atoms with E-state index in [4.69, 9.17) is 10.5 Å². The second kappa shape index (κ2) is 4.24. The first-order chi connectivity index (χ1) is 7.49. The van der Waals surface area contributed by atoms with Crippen molar-refractivity contribution in [3.8, 4) is 0 Å². The number of ether oxygens (including phenoxy) is 1. The van der Waals surface area contributed by atoms with Gasteiger partial charge in [-0.2, -0.15) is 0 Å². The molecule has 0 amide bonds. The van der Waals surface area contributed by atoms with Gasteiger partial charge in [0.1, 0.15) is 0 Å². The fourth-order valence-corrected chi connectivity index (χ4v) is 2.36. The highest BCUT2D eigenvalue weighted by Crippen LogP contribution is 2.42. The zero-order valence-corrected chi connectivity index (χ0v) is 10.6. The lowest BCUT2D eigenvalue weighted by Crippen LogP contribution is -2.49. The first-order valence-electron chi connectivity index (χ1n) is 6.19. The van der Waals surface area contributed by atoms with Crippen molar-refractivity contribution in [2.75, 3.05) is 19.7 Å². The monoisotopic (exact) mass is 225 g/mol. The molecular formula is C12H23N3O. The Morgan fingerprint density at radius 2 is 2.25 bits per heavy atom. The molecule has 1 heterocycles. The van der Waals surface area contributed by atoms with Crippen LogP contribution in [0.4, 0.5) is 0 Å². The Hall–Kier alpha value is -0.770. The third-order valence-corrected chi connectivity index (χ3v) is 3.82. The molecule has 2 fully saturated rings. The predicted octanol–water partition coefficient (Wildman–Crippen LogP) is 1.21. The van der Waals surface area contributed by atoms with Gasteiger partial charge in [0.2, 0.25) is 0 Å². The van der Waals surface area contributed by atoms with Crippen LogP contribution < -0.4 is 5.73 Å². The largest absolute Gasteiger partial charge is 0.375 e. The number of rotatable bonds is 1. The summed E-state index contributed by atoms with van der Waals surface area (Å²) in [5.41, 5.74) is 6.40. The number of nitrogens with two attached hydrogens (primary N) is 1. The van der Waals surface area contributed by atoms with Gasteiger partial charge in [0, 0.05) is 13.1 Å². The van der Waals surface area contributed by atoms with Crippen LogP contribution in [0.5, 0.6) is 0 Å². The Bertz CT molecular complexity index is 288. The molecule has 92 valence electrons. The minimum absolute atomic E-state index is 0.261. The first-order valence-corrected chi connectivity index (χ1v) is 6.19. The molecule has 1 saturated carbocycles. The van der Waals surface area contributed by atoms with E-state index in [1.165, 1.54) is 12.8 Å². The molecular weight excluding hydrogens is 202 g/mol. The van der Waals surface area contributed by atoms with Gasteiger partial charge >= 0.3 is 0 Å². The molecule has 2 aliphatic rings. The Labute approximate surface area is 97.9 Å². The Kier molecular flexibility index (Phi) is 3.10. The number of hydrogen-bond acceptors (Lipinski definition) is 2. The van der Waals surface area contributed by atoms with Crippen molar-refractivity contribution in [3.05, 3.63) is 0 Å². The number of guanidine groups is 1. The summed E-state index contributed by atoms with van der Waals surface area (Å²) in [4.78, 5) is 6.80. The molecule has 0 aromatic heterocycles. The molecule has 0 aromatic rings. The maximum Gasteiger partial charge on any atom is 0.191 e. The van der Waals surface area contributed by atoms with Crippen molar-refractivity contribution in [1.82, 2.24) is 4.90 Å². The lowest BCUT2D eigenvalue weighted by atomic mass is 9.68. The van der Waals surface area contributed by atoms with Crippen molar-refractivity contribution in [3.63, 3.8) is 0 Å². The molecule has 2 atom stereocenters. The molecule has 1 aliphatic heterocycles. The smallest absolute Gasteiger partial charge is 0.191 e. The second-order valence-corrected chi connectivity index (χ2v) is 5.66. The number of morpholine rings is 1. The highest BCUT2D eigenvalue weighted by Gasteiger charge is 2.38. The van der Waals surface area contributed by atoms with Gasteiger partial charge in [-0.25, -0.2) is 4.99 Å². The second-order valence-electron chi connectivity index (χ2n) is 5.66. The van der Waals surface area contributed by atoms with Crippen molar-refractivity contribution in [2.24, 2.45) is 16.1 Å². The molecule has 2 N–H and O–H groups in total. The molecule has 4 heteroatoms. The van der Waals surface area contributed by atoms with E-state index in [-0.39, 0.29) is 6.10 Å². The molecule has 0 radical (unpaired) electrons. The number of nitrogens with zero attached hydrogens (tertiary/aromatic N) is 2. The van der Waals surface area contributed by atoms with E-state index in [1.54, 1.807) is 0 Å².